The van der Waals surface area contributed by atoms with Gasteiger partial charge in [0.05, 0.1) is 29.6 Å². The number of nitrogens with zero attached hydrogens (tertiary/aromatic N) is 2. The van der Waals surface area contributed by atoms with Crippen LogP contribution >= 0.6 is 11.3 Å². The highest BCUT2D eigenvalue weighted by Gasteiger charge is 2.39. The summed E-state index contributed by atoms with van der Waals surface area (Å²) >= 11 is 1.30. The maximum Gasteiger partial charge on any atom is 0.363 e. The number of anilines is 2. The van der Waals surface area contributed by atoms with Crippen LogP contribution in [0.2, 0.25) is 0 Å². The van der Waals surface area contributed by atoms with E-state index in [0.29, 0.717) is 33.7 Å². The largest absolute Gasteiger partial charge is 0.496 e. The van der Waals surface area contributed by atoms with E-state index < -0.39 is 17.5 Å². The summed E-state index contributed by atoms with van der Waals surface area (Å²) in [6.07, 6.45) is 0. The Kier molecular flexibility index (Phi) is 7.51. The van der Waals surface area contributed by atoms with Crippen LogP contribution < -0.4 is 19.7 Å². The molecule has 10 heteroatoms. The molecule has 2 heterocycles. The zero-order valence-corrected chi connectivity index (χ0v) is 24.1. The third-order valence-electron chi connectivity index (χ3n) is 6.85. The minimum absolute atomic E-state index is 0.103. The van der Waals surface area contributed by atoms with Crippen LogP contribution in [-0.4, -0.2) is 42.5 Å². The molecule has 0 radical (unpaired) electrons. The number of aryl methyl sites for hydroxylation is 1. The molecule has 41 heavy (non-hydrogen) atoms. The lowest BCUT2D eigenvalue weighted by Gasteiger charge is -2.39. The van der Waals surface area contributed by atoms with Crippen LogP contribution in [0, 0.1) is 6.92 Å². The van der Waals surface area contributed by atoms with Gasteiger partial charge in [-0.2, -0.15) is 0 Å². The molecule has 1 aromatic heterocycles. The number of rotatable bonds is 7. The average molecular weight is 572 g/mol. The zero-order valence-electron chi connectivity index (χ0n) is 23.3. The minimum Gasteiger partial charge on any atom is -0.496 e. The second kappa shape index (κ2) is 11.1. The monoisotopic (exact) mass is 571 g/mol. The fourth-order valence-corrected chi connectivity index (χ4v) is 5.29. The van der Waals surface area contributed by atoms with Gasteiger partial charge in [-0.3, -0.25) is 4.79 Å². The van der Waals surface area contributed by atoms with Gasteiger partial charge in [0, 0.05) is 29.6 Å². The van der Waals surface area contributed by atoms with Gasteiger partial charge in [0.15, 0.2) is 5.69 Å². The average Bonchev–Trinajstić information content (AvgIpc) is 3.50. The number of carbonyl (C=O) groups excluding carboxylic acids is 3. The molecule has 4 aromatic rings. The number of nitrogens with one attached hydrogen (secondary N) is 1. The van der Waals surface area contributed by atoms with Crippen LogP contribution in [0.25, 0.3) is 11.1 Å². The number of methoxy groups -OCH3 is 1. The van der Waals surface area contributed by atoms with Gasteiger partial charge >= 0.3 is 11.9 Å². The number of hydrogen-bond donors (Lipinski definition) is 1. The quantitative estimate of drug-likeness (QED) is 0.217. The van der Waals surface area contributed by atoms with E-state index in [-0.39, 0.29) is 24.0 Å². The molecule has 0 spiro atoms. The highest BCUT2D eigenvalue weighted by atomic mass is 32.1. The smallest absolute Gasteiger partial charge is 0.363 e. The molecule has 0 atom stereocenters. The number of thiazole rings is 1. The first kappa shape index (κ1) is 27.9. The molecule has 1 aliphatic rings. The maximum atomic E-state index is 13.2. The van der Waals surface area contributed by atoms with Crippen LogP contribution in [0.3, 0.4) is 0 Å². The Morgan fingerprint density at radius 2 is 1.76 bits per heavy atom. The molecule has 0 bridgehead atoms. The van der Waals surface area contributed by atoms with Gasteiger partial charge in [-0.05, 0) is 56.7 Å². The van der Waals surface area contributed by atoms with Crippen molar-refractivity contribution in [3.05, 3.63) is 87.9 Å². The van der Waals surface area contributed by atoms with E-state index in [1.807, 2.05) is 45.0 Å². The van der Waals surface area contributed by atoms with Gasteiger partial charge in [0.2, 0.25) is 0 Å². The molecule has 0 fully saturated rings. The summed E-state index contributed by atoms with van der Waals surface area (Å²) in [5.41, 5.74) is 5.71. The SMILES string of the molecule is COc1cc(OC(=O)c2cscn2)ccc1-c1ccc2c(c1COC(=O)c1ccc(C)cc1)N(C)C(=O)C(C)(C)N2. The second-order valence-electron chi connectivity index (χ2n) is 10.2. The normalized spacial score (nSPS) is 13.7. The Hall–Kier alpha value is -4.70. The first-order valence-electron chi connectivity index (χ1n) is 12.8. The van der Waals surface area contributed by atoms with Crippen molar-refractivity contribution < 1.29 is 28.6 Å². The summed E-state index contributed by atoms with van der Waals surface area (Å²) < 4.78 is 17.0. The molecule has 9 nitrogen and oxygen atoms in total. The van der Waals surface area contributed by atoms with Gasteiger partial charge in [0.1, 0.15) is 23.6 Å². The topological polar surface area (TPSA) is 107 Å². The highest BCUT2D eigenvalue weighted by molar-refractivity contribution is 7.07. The van der Waals surface area contributed by atoms with Crippen LogP contribution in [0.5, 0.6) is 11.5 Å². The van der Waals surface area contributed by atoms with Crippen molar-refractivity contribution in [2.75, 3.05) is 24.4 Å². The fraction of sp³-hybridized carbons (Fsp3) is 0.226. The summed E-state index contributed by atoms with van der Waals surface area (Å²) in [6, 6.07) is 15.9. The number of carbonyl (C=O) groups is 3. The Balaban J connectivity index is 1.55. The number of hydrogen-bond acceptors (Lipinski definition) is 9. The lowest BCUT2D eigenvalue weighted by Crippen LogP contribution is -2.52. The van der Waals surface area contributed by atoms with Gasteiger partial charge in [-0.25, -0.2) is 14.6 Å². The number of esters is 2. The van der Waals surface area contributed by atoms with Crippen molar-refractivity contribution in [1.29, 1.82) is 0 Å². The van der Waals surface area contributed by atoms with E-state index in [9.17, 15) is 14.4 Å². The number of fused-ring (bicyclic) bond motifs is 1. The molecule has 0 saturated carbocycles. The number of aromatic nitrogens is 1. The molecule has 210 valence electrons. The number of ether oxygens (including phenoxy) is 3. The maximum absolute atomic E-state index is 13.2. The van der Waals surface area contributed by atoms with Crippen molar-refractivity contribution in [3.63, 3.8) is 0 Å². The van der Waals surface area contributed by atoms with Crippen molar-refractivity contribution in [1.82, 2.24) is 4.98 Å². The number of likely N-dealkylation sites (N-methyl/N-ethyl adjacent to an activating group) is 1. The molecule has 0 saturated heterocycles. The standard InChI is InChI=1S/C31H29N3O6S/c1-18-6-8-19(9-7-18)28(35)39-15-23-21(12-13-24-27(23)34(4)30(37)31(2,3)33-24)22-11-10-20(14-26(22)38-5)40-29(36)25-16-41-17-32-25/h6-14,16-17,33H,15H2,1-5H3. The molecule has 3 aromatic carbocycles. The van der Waals surface area contributed by atoms with Gasteiger partial charge < -0.3 is 24.4 Å². The molecule has 1 amide bonds. The first-order chi connectivity index (χ1) is 19.6. The van der Waals surface area contributed by atoms with E-state index in [1.54, 1.807) is 53.2 Å². The van der Waals surface area contributed by atoms with E-state index in [4.69, 9.17) is 14.2 Å². The van der Waals surface area contributed by atoms with Crippen LogP contribution in [0.4, 0.5) is 11.4 Å². The summed E-state index contributed by atoms with van der Waals surface area (Å²) in [7, 11) is 3.22. The predicted molar refractivity (Wildman–Crippen MR) is 157 cm³/mol. The summed E-state index contributed by atoms with van der Waals surface area (Å²) in [5, 5.41) is 4.92. The van der Waals surface area contributed by atoms with Crippen LogP contribution in [-0.2, 0) is 16.1 Å². The lowest BCUT2D eigenvalue weighted by atomic mass is 9.91. The van der Waals surface area contributed by atoms with Crippen LogP contribution in [0.1, 0.15) is 45.8 Å². The van der Waals surface area contributed by atoms with Crippen LogP contribution in [0.15, 0.2) is 65.5 Å². The summed E-state index contributed by atoms with van der Waals surface area (Å²) in [4.78, 5) is 44.2. The molecular weight excluding hydrogens is 542 g/mol. The number of amides is 1. The molecule has 1 N–H and O–H groups in total. The Bertz CT molecular complexity index is 1630. The third kappa shape index (κ3) is 5.51. The third-order valence-corrected chi connectivity index (χ3v) is 7.44. The van der Waals surface area contributed by atoms with Crippen molar-refractivity contribution >= 4 is 40.6 Å². The Morgan fingerprint density at radius 1 is 1.02 bits per heavy atom. The van der Waals surface area contributed by atoms with Gasteiger partial charge in [0.25, 0.3) is 5.91 Å². The van der Waals surface area contributed by atoms with Crippen molar-refractivity contribution in [2.24, 2.45) is 0 Å². The molecule has 0 aliphatic carbocycles. The van der Waals surface area contributed by atoms with Crippen molar-refractivity contribution in [2.45, 2.75) is 32.9 Å². The Morgan fingerprint density at radius 3 is 2.44 bits per heavy atom. The molecular formula is C31H29N3O6S. The predicted octanol–water partition coefficient (Wildman–Crippen LogP) is 5.87. The van der Waals surface area contributed by atoms with E-state index in [2.05, 4.69) is 10.3 Å². The van der Waals surface area contributed by atoms with E-state index >= 15 is 0 Å². The summed E-state index contributed by atoms with van der Waals surface area (Å²) in [6.45, 7) is 5.47. The number of benzene rings is 3. The van der Waals surface area contributed by atoms with E-state index in [1.165, 1.54) is 18.4 Å². The van der Waals surface area contributed by atoms with Crippen molar-refractivity contribution in [3.8, 4) is 22.6 Å². The Labute approximate surface area is 241 Å². The molecule has 1 aliphatic heterocycles. The highest BCUT2D eigenvalue weighted by Crippen LogP contribution is 2.45. The van der Waals surface area contributed by atoms with Gasteiger partial charge in [-0.15, -0.1) is 11.3 Å². The minimum atomic E-state index is -0.820. The zero-order chi connectivity index (χ0) is 29.3. The first-order valence-corrected chi connectivity index (χ1v) is 13.8. The lowest BCUT2D eigenvalue weighted by molar-refractivity contribution is -0.121. The van der Waals surface area contributed by atoms with Gasteiger partial charge in [-0.1, -0.05) is 23.8 Å². The molecule has 0 unspecified atom stereocenters. The summed E-state index contributed by atoms with van der Waals surface area (Å²) in [5.74, 6) is -0.484. The fourth-order valence-electron chi connectivity index (χ4n) is 4.77. The molecule has 5 rings (SSSR count). The second-order valence-corrected chi connectivity index (χ2v) is 10.9. The van der Waals surface area contributed by atoms with E-state index in [0.717, 1.165) is 11.3 Å².